The van der Waals surface area contributed by atoms with Crippen LogP contribution in [0.5, 0.6) is 0 Å². The van der Waals surface area contributed by atoms with Gasteiger partial charge >= 0.3 is 0 Å². The molecule has 0 aliphatic carbocycles. The van der Waals surface area contributed by atoms with Gasteiger partial charge in [0.1, 0.15) is 4.90 Å². The standard InChI is InChI=1S/C14H23N3O3S/c1-11(2)9-16-14(18)10-15-12-7-5-6-8-13(12)21(19,20)17(3)4/h5-8,11,15H,9-10H2,1-4H3,(H,16,18). The lowest BCUT2D eigenvalue weighted by Crippen LogP contribution is -2.33. The summed E-state index contributed by atoms with van der Waals surface area (Å²) in [6.07, 6.45) is 0. The lowest BCUT2D eigenvalue weighted by molar-refractivity contribution is -0.119. The van der Waals surface area contributed by atoms with E-state index in [2.05, 4.69) is 10.6 Å². The summed E-state index contributed by atoms with van der Waals surface area (Å²) >= 11 is 0. The molecule has 118 valence electrons. The Labute approximate surface area is 126 Å². The Morgan fingerprint density at radius 3 is 2.43 bits per heavy atom. The molecule has 1 amide bonds. The molecule has 0 aromatic heterocycles. The van der Waals surface area contributed by atoms with Crippen molar-refractivity contribution in [1.82, 2.24) is 9.62 Å². The van der Waals surface area contributed by atoms with Crippen molar-refractivity contribution in [2.45, 2.75) is 18.7 Å². The number of rotatable bonds is 7. The first kappa shape index (κ1) is 17.5. The van der Waals surface area contributed by atoms with E-state index in [1.54, 1.807) is 18.2 Å². The summed E-state index contributed by atoms with van der Waals surface area (Å²) in [7, 11) is -0.595. The second-order valence-electron chi connectivity index (χ2n) is 5.34. The monoisotopic (exact) mass is 313 g/mol. The molecule has 6 nitrogen and oxygen atoms in total. The van der Waals surface area contributed by atoms with E-state index < -0.39 is 10.0 Å². The van der Waals surface area contributed by atoms with Gasteiger partial charge in [0, 0.05) is 20.6 Å². The van der Waals surface area contributed by atoms with Gasteiger partial charge in [0.2, 0.25) is 15.9 Å². The third-order valence-corrected chi connectivity index (χ3v) is 4.67. The van der Waals surface area contributed by atoms with Crippen LogP contribution in [0.2, 0.25) is 0 Å². The van der Waals surface area contributed by atoms with E-state index in [1.807, 2.05) is 13.8 Å². The topological polar surface area (TPSA) is 78.5 Å². The Kier molecular flexibility index (Phi) is 6.17. The third kappa shape index (κ3) is 5.02. The van der Waals surface area contributed by atoms with Crippen LogP contribution in [0.3, 0.4) is 0 Å². The average molecular weight is 313 g/mol. The second-order valence-corrected chi connectivity index (χ2v) is 7.46. The van der Waals surface area contributed by atoms with Crippen molar-refractivity contribution in [1.29, 1.82) is 0 Å². The van der Waals surface area contributed by atoms with Gasteiger partial charge in [-0.05, 0) is 18.1 Å². The van der Waals surface area contributed by atoms with Gasteiger partial charge in [0.05, 0.1) is 12.2 Å². The number of carbonyl (C=O) groups excluding carboxylic acids is 1. The first-order chi connectivity index (χ1) is 9.75. The molecule has 1 rings (SSSR count). The number of carbonyl (C=O) groups is 1. The van der Waals surface area contributed by atoms with Gasteiger partial charge in [-0.25, -0.2) is 12.7 Å². The molecule has 1 aromatic rings. The lowest BCUT2D eigenvalue weighted by atomic mass is 10.2. The van der Waals surface area contributed by atoms with Gasteiger partial charge in [-0.3, -0.25) is 4.79 Å². The van der Waals surface area contributed by atoms with Crippen LogP contribution in [0, 0.1) is 5.92 Å². The number of hydrogen-bond donors (Lipinski definition) is 2. The van der Waals surface area contributed by atoms with Crippen molar-refractivity contribution in [3.05, 3.63) is 24.3 Å². The fraction of sp³-hybridized carbons (Fsp3) is 0.500. The SMILES string of the molecule is CC(C)CNC(=O)CNc1ccccc1S(=O)(=O)N(C)C. The summed E-state index contributed by atoms with van der Waals surface area (Å²) in [4.78, 5) is 11.8. The summed E-state index contributed by atoms with van der Waals surface area (Å²) in [5.74, 6) is 0.205. The van der Waals surface area contributed by atoms with Crippen LogP contribution in [-0.2, 0) is 14.8 Å². The minimum Gasteiger partial charge on any atom is -0.375 e. The van der Waals surface area contributed by atoms with E-state index in [0.717, 1.165) is 4.31 Å². The summed E-state index contributed by atoms with van der Waals surface area (Å²) in [5, 5.41) is 5.65. The van der Waals surface area contributed by atoms with Gasteiger partial charge in [-0.15, -0.1) is 0 Å². The Balaban J connectivity index is 2.79. The van der Waals surface area contributed by atoms with Crippen molar-refractivity contribution in [2.24, 2.45) is 5.92 Å². The van der Waals surface area contributed by atoms with Gasteiger partial charge in [-0.1, -0.05) is 26.0 Å². The lowest BCUT2D eigenvalue weighted by Gasteiger charge is -2.16. The van der Waals surface area contributed by atoms with Gasteiger partial charge in [-0.2, -0.15) is 0 Å². The second kappa shape index (κ2) is 7.42. The largest absolute Gasteiger partial charge is 0.375 e. The van der Waals surface area contributed by atoms with E-state index in [9.17, 15) is 13.2 Å². The van der Waals surface area contributed by atoms with Crippen molar-refractivity contribution >= 4 is 21.6 Å². The molecule has 21 heavy (non-hydrogen) atoms. The Morgan fingerprint density at radius 1 is 1.24 bits per heavy atom. The number of hydrogen-bond acceptors (Lipinski definition) is 4. The van der Waals surface area contributed by atoms with Crippen molar-refractivity contribution in [3.63, 3.8) is 0 Å². The highest BCUT2D eigenvalue weighted by molar-refractivity contribution is 7.89. The summed E-state index contributed by atoms with van der Waals surface area (Å²) in [6.45, 7) is 4.64. The van der Waals surface area contributed by atoms with Crippen LogP contribution in [0.25, 0.3) is 0 Å². The van der Waals surface area contributed by atoms with Crippen molar-refractivity contribution in [3.8, 4) is 0 Å². The predicted molar refractivity (Wildman–Crippen MR) is 83.7 cm³/mol. The predicted octanol–water partition coefficient (Wildman–Crippen LogP) is 1.12. The van der Waals surface area contributed by atoms with Crippen LogP contribution in [0.1, 0.15) is 13.8 Å². The molecule has 0 radical (unpaired) electrons. The zero-order chi connectivity index (χ0) is 16.0. The minimum atomic E-state index is -3.54. The van der Waals surface area contributed by atoms with Crippen molar-refractivity contribution < 1.29 is 13.2 Å². The van der Waals surface area contributed by atoms with Crippen LogP contribution in [0.4, 0.5) is 5.69 Å². The van der Waals surface area contributed by atoms with Gasteiger partial charge in [0.15, 0.2) is 0 Å². The number of sulfonamides is 1. The molecule has 7 heteroatoms. The number of benzene rings is 1. The summed E-state index contributed by atoms with van der Waals surface area (Å²) in [6, 6.07) is 6.54. The van der Waals surface area contributed by atoms with Crippen molar-refractivity contribution in [2.75, 3.05) is 32.5 Å². The molecular weight excluding hydrogens is 290 g/mol. The first-order valence-electron chi connectivity index (χ1n) is 6.77. The summed E-state index contributed by atoms with van der Waals surface area (Å²) in [5.41, 5.74) is 0.422. The van der Waals surface area contributed by atoms with Crippen LogP contribution < -0.4 is 10.6 Å². The maximum Gasteiger partial charge on any atom is 0.244 e. The quantitative estimate of drug-likeness (QED) is 0.791. The molecule has 0 saturated heterocycles. The molecule has 1 aromatic carbocycles. The molecule has 2 N–H and O–H groups in total. The van der Waals surface area contributed by atoms with E-state index in [4.69, 9.17) is 0 Å². The normalized spacial score (nSPS) is 11.7. The highest BCUT2D eigenvalue weighted by atomic mass is 32.2. The molecule has 0 fully saturated rings. The molecular formula is C14H23N3O3S. The van der Waals surface area contributed by atoms with Gasteiger partial charge < -0.3 is 10.6 Å². The highest BCUT2D eigenvalue weighted by Crippen LogP contribution is 2.22. The zero-order valence-electron chi connectivity index (χ0n) is 12.9. The number of amides is 1. The van der Waals surface area contributed by atoms with E-state index in [1.165, 1.54) is 20.2 Å². The Morgan fingerprint density at radius 2 is 1.86 bits per heavy atom. The van der Waals surface area contributed by atoms with E-state index in [-0.39, 0.29) is 17.3 Å². The average Bonchev–Trinajstić information content (AvgIpc) is 2.42. The molecule has 0 aliphatic heterocycles. The number of nitrogens with one attached hydrogen (secondary N) is 2. The van der Waals surface area contributed by atoms with Crippen LogP contribution >= 0.6 is 0 Å². The van der Waals surface area contributed by atoms with Crippen LogP contribution in [0.15, 0.2) is 29.2 Å². The van der Waals surface area contributed by atoms with Gasteiger partial charge in [0.25, 0.3) is 0 Å². The number of para-hydroxylation sites is 1. The fourth-order valence-corrected chi connectivity index (χ4v) is 2.65. The molecule has 0 saturated carbocycles. The van der Waals surface area contributed by atoms with E-state index >= 15 is 0 Å². The van der Waals surface area contributed by atoms with E-state index in [0.29, 0.717) is 18.2 Å². The molecule has 0 atom stereocenters. The molecule has 0 heterocycles. The fourth-order valence-electron chi connectivity index (χ4n) is 1.59. The number of nitrogens with zero attached hydrogens (tertiary/aromatic N) is 1. The Bertz CT molecular complexity index is 583. The third-order valence-electron chi connectivity index (χ3n) is 2.79. The smallest absolute Gasteiger partial charge is 0.244 e. The maximum absolute atomic E-state index is 12.2. The molecule has 0 unspecified atom stereocenters. The number of anilines is 1. The Hall–Kier alpha value is -1.60. The zero-order valence-corrected chi connectivity index (χ0v) is 13.7. The summed E-state index contributed by atoms with van der Waals surface area (Å²) < 4.78 is 25.5. The molecule has 0 bridgehead atoms. The first-order valence-corrected chi connectivity index (χ1v) is 8.21. The van der Waals surface area contributed by atoms with Crippen LogP contribution in [-0.4, -0.2) is 45.8 Å². The maximum atomic E-state index is 12.2. The minimum absolute atomic E-state index is 0.0344. The molecule has 0 aliphatic rings. The highest BCUT2D eigenvalue weighted by Gasteiger charge is 2.20. The molecule has 0 spiro atoms.